The molecule has 5 heteroatoms. The van der Waals surface area contributed by atoms with Crippen LogP contribution in [0.2, 0.25) is 0 Å². The lowest BCUT2D eigenvalue weighted by molar-refractivity contribution is -0.138. The van der Waals surface area contributed by atoms with Crippen LogP contribution in [0.4, 0.5) is 4.39 Å². The highest BCUT2D eigenvalue weighted by atomic mass is 19.1. The first-order valence-corrected chi connectivity index (χ1v) is 6.65. The average Bonchev–Trinajstić information content (AvgIpc) is 2.40. The van der Waals surface area contributed by atoms with Gasteiger partial charge in [-0.15, -0.1) is 0 Å². The van der Waals surface area contributed by atoms with Gasteiger partial charge in [-0.1, -0.05) is 6.07 Å². The standard InChI is InChI=1S/C16H17FN2O2/c1-8-5-6-12(17)7-13(8)15-18-10(3)14(11(4)19-15)9(2)16(20)21/h5-7,9H,1-4H3,(H,20,21). The van der Waals surface area contributed by atoms with Crippen LogP contribution in [-0.2, 0) is 4.79 Å². The molecule has 0 saturated heterocycles. The highest BCUT2D eigenvalue weighted by Gasteiger charge is 2.21. The summed E-state index contributed by atoms with van der Waals surface area (Å²) in [5.41, 5.74) is 3.32. The Morgan fingerprint density at radius 3 is 2.29 bits per heavy atom. The molecule has 4 nitrogen and oxygen atoms in total. The van der Waals surface area contributed by atoms with Crippen LogP contribution in [-0.4, -0.2) is 21.0 Å². The summed E-state index contributed by atoms with van der Waals surface area (Å²) in [4.78, 5) is 19.9. The second-order valence-electron chi connectivity index (χ2n) is 5.15. The first-order valence-electron chi connectivity index (χ1n) is 6.65. The van der Waals surface area contributed by atoms with E-state index in [9.17, 15) is 9.18 Å². The first-order chi connectivity index (χ1) is 9.81. The van der Waals surface area contributed by atoms with Crippen molar-refractivity contribution in [3.63, 3.8) is 0 Å². The zero-order valence-electron chi connectivity index (χ0n) is 12.4. The van der Waals surface area contributed by atoms with E-state index in [0.29, 0.717) is 28.3 Å². The second-order valence-corrected chi connectivity index (χ2v) is 5.15. The Morgan fingerprint density at radius 1 is 1.19 bits per heavy atom. The molecular formula is C16H17FN2O2. The largest absolute Gasteiger partial charge is 0.481 e. The quantitative estimate of drug-likeness (QED) is 0.940. The van der Waals surface area contributed by atoms with Gasteiger partial charge >= 0.3 is 5.97 Å². The van der Waals surface area contributed by atoms with Gasteiger partial charge < -0.3 is 5.11 Å². The third kappa shape index (κ3) is 2.91. The Labute approximate surface area is 122 Å². The SMILES string of the molecule is Cc1ccc(F)cc1-c1nc(C)c(C(C)C(=O)O)c(C)n1. The molecule has 0 spiro atoms. The van der Waals surface area contributed by atoms with Gasteiger partial charge in [0.2, 0.25) is 0 Å². The summed E-state index contributed by atoms with van der Waals surface area (Å²) in [6, 6.07) is 4.45. The molecular weight excluding hydrogens is 271 g/mol. The summed E-state index contributed by atoms with van der Waals surface area (Å²) in [6.45, 7) is 6.97. The molecule has 2 rings (SSSR count). The normalized spacial score (nSPS) is 12.2. The number of aromatic nitrogens is 2. The smallest absolute Gasteiger partial charge is 0.310 e. The number of hydrogen-bond donors (Lipinski definition) is 1. The number of carboxylic acids is 1. The molecule has 0 saturated carbocycles. The Bertz CT molecular complexity index is 690. The van der Waals surface area contributed by atoms with E-state index in [1.807, 2.05) is 6.92 Å². The highest BCUT2D eigenvalue weighted by Crippen LogP contribution is 2.26. The first kappa shape index (κ1) is 15.1. The predicted octanol–water partition coefficient (Wildman–Crippen LogP) is 3.40. The van der Waals surface area contributed by atoms with Crippen molar-refractivity contribution in [3.8, 4) is 11.4 Å². The van der Waals surface area contributed by atoms with E-state index in [4.69, 9.17) is 5.11 Å². The summed E-state index contributed by atoms with van der Waals surface area (Å²) in [5.74, 6) is -1.52. The van der Waals surface area contributed by atoms with Crippen molar-refractivity contribution in [3.05, 3.63) is 46.5 Å². The second kappa shape index (κ2) is 5.60. The maximum Gasteiger partial charge on any atom is 0.310 e. The van der Waals surface area contributed by atoms with Crippen LogP contribution >= 0.6 is 0 Å². The van der Waals surface area contributed by atoms with Crippen molar-refractivity contribution in [2.45, 2.75) is 33.6 Å². The summed E-state index contributed by atoms with van der Waals surface area (Å²) < 4.78 is 13.4. The van der Waals surface area contributed by atoms with Crippen molar-refractivity contribution in [1.29, 1.82) is 0 Å². The van der Waals surface area contributed by atoms with Crippen molar-refractivity contribution in [2.75, 3.05) is 0 Å². The minimum absolute atomic E-state index is 0.350. The molecule has 1 unspecified atom stereocenters. The molecule has 0 amide bonds. The van der Waals surface area contributed by atoms with E-state index in [2.05, 4.69) is 9.97 Å². The summed E-state index contributed by atoms with van der Waals surface area (Å²) in [5, 5.41) is 9.15. The number of rotatable bonds is 3. The molecule has 0 aliphatic carbocycles. The summed E-state index contributed by atoms with van der Waals surface area (Å²) >= 11 is 0. The van der Waals surface area contributed by atoms with Crippen LogP contribution < -0.4 is 0 Å². The van der Waals surface area contributed by atoms with E-state index in [1.54, 1.807) is 26.8 Å². The number of nitrogens with zero attached hydrogens (tertiary/aromatic N) is 2. The summed E-state index contributed by atoms with van der Waals surface area (Å²) in [6.07, 6.45) is 0. The fraction of sp³-hybridized carbons (Fsp3) is 0.312. The maximum absolute atomic E-state index is 13.4. The van der Waals surface area contributed by atoms with Gasteiger partial charge in [0, 0.05) is 22.5 Å². The maximum atomic E-state index is 13.4. The molecule has 1 aromatic carbocycles. The summed E-state index contributed by atoms with van der Waals surface area (Å²) in [7, 11) is 0. The molecule has 0 fully saturated rings. The third-order valence-corrected chi connectivity index (χ3v) is 3.57. The average molecular weight is 288 g/mol. The number of aryl methyl sites for hydroxylation is 3. The van der Waals surface area contributed by atoms with Crippen molar-refractivity contribution < 1.29 is 14.3 Å². The fourth-order valence-electron chi connectivity index (χ4n) is 2.43. The topological polar surface area (TPSA) is 63.1 Å². The van der Waals surface area contributed by atoms with E-state index < -0.39 is 11.9 Å². The van der Waals surface area contributed by atoms with Gasteiger partial charge in [-0.2, -0.15) is 0 Å². The Balaban J connectivity index is 2.59. The van der Waals surface area contributed by atoms with Crippen molar-refractivity contribution in [2.24, 2.45) is 0 Å². The van der Waals surface area contributed by atoms with Gasteiger partial charge in [-0.05, 0) is 45.4 Å². The van der Waals surface area contributed by atoms with Gasteiger partial charge in [0.25, 0.3) is 0 Å². The van der Waals surface area contributed by atoms with E-state index >= 15 is 0 Å². The Morgan fingerprint density at radius 2 is 1.76 bits per heavy atom. The number of halogens is 1. The van der Waals surface area contributed by atoms with Crippen molar-refractivity contribution >= 4 is 5.97 Å². The van der Waals surface area contributed by atoms with Crippen LogP contribution in [0.15, 0.2) is 18.2 Å². The monoisotopic (exact) mass is 288 g/mol. The number of hydrogen-bond acceptors (Lipinski definition) is 3. The number of benzene rings is 1. The van der Waals surface area contributed by atoms with Crippen LogP contribution in [0.5, 0.6) is 0 Å². The molecule has 2 aromatic rings. The molecule has 110 valence electrons. The van der Waals surface area contributed by atoms with E-state index in [1.165, 1.54) is 12.1 Å². The van der Waals surface area contributed by atoms with Gasteiger partial charge in [-0.25, -0.2) is 14.4 Å². The zero-order valence-corrected chi connectivity index (χ0v) is 12.4. The third-order valence-electron chi connectivity index (χ3n) is 3.57. The van der Waals surface area contributed by atoms with Crippen LogP contribution in [0, 0.1) is 26.6 Å². The van der Waals surface area contributed by atoms with Gasteiger partial charge in [0.15, 0.2) is 5.82 Å². The lowest BCUT2D eigenvalue weighted by Gasteiger charge is -2.15. The highest BCUT2D eigenvalue weighted by molar-refractivity contribution is 5.76. The van der Waals surface area contributed by atoms with Crippen LogP contribution in [0.1, 0.15) is 35.4 Å². The van der Waals surface area contributed by atoms with Crippen LogP contribution in [0.25, 0.3) is 11.4 Å². The lowest BCUT2D eigenvalue weighted by atomic mass is 9.97. The molecule has 1 aromatic heterocycles. The van der Waals surface area contributed by atoms with Gasteiger partial charge in [-0.3, -0.25) is 4.79 Å². The molecule has 0 aliphatic heterocycles. The number of aliphatic carboxylic acids is 1. The molecule has 0 aliphatic rings. The molecule has 0 radical (unpaired) electrons. The predicted molar refractivity (Wildman–Crippen MR) is 77.7 cm³/mol. The minimum Gasteiger partial charge on any atom is -0.481 e. The fourth-order valence-corrected chi connectivity index (χ4v) is 2.43. The molecule has 1 atom stereocenters. The number of carboxylic acid groups (broad SMARTS) is 1. The lowest BCUT2D eigenvalue weighted by Crippen LogP contribution is -2.13. The van der Waals surface area contributed by atoms with Gasteiger partial charge in [0.05, 0.1) is 5.92 Å². The molecule has 0 bridgehead atoms. The van der Waals surface area contributed by atoms with E-state index in [0.717, 1.165) is 5.56 Å². The zero-order chi connectivity index (χ0) is 15.7. The van der Waals surface area contributed by atoms with Gasteiger partial charge in [0.1, 0.15) is 5.82 Å². The Kier molecular flexibility index (Phi) is 4.02. The molecule has 1 heterocycles. The molecule has 21 heavy (non-hydrogen) atoms. The van der Waals surface area contributed by atoms with Crippen LogP contribution in [0.3, 0.4) is 0 Å². The Hall–Kier alpha value is -2.30. The van der Waals surface area contributed by atoms with E-state index in [-0.39, 0.29) is 5.82 Å². The minimum atomic E-state index is -0.917. The molecule has 1 N–H and O–H groups in total. The number of carbonyl (C=O) groups is 1. The van der Waals surface area contributed by atoms with Crippen molar-refractivity contribution in [1.82, 2.24) is 9.97 Å².